The number of carbonyl (C=O) groups is 1. The molecule has 1 amide bonds. The average molecular weight is 509 g/mol. The van der Waals surface area contributed by atoms with E-state index in [0.717, 1.165) is 78.8 Å². The number of aliphatic hydroxyl groups excluding tert-OH is 1. The number of hydrogen-bond donors (Lipinski definition) is 3. The second-order valence-corrected chi connectivity index (χ2v) is 10.7. The molecule has 188 valence electrons. The molecule has 4 aliphatic rings. The number of benzene rings is 1. The van der Waals surface area contributed by atoms with Crippen molar-refractivity contribution < 1.29 is 9.90 Å². The summed E-state index contributed by atoms with van der Waals surface area (Å²) in [5, 5.41) is 16.4. The van der Waals surface area contributed by atoms with Crippen LogP contribution in [0.15, 0.2) is 30.3 Å². The molecule has 0 unspecified atom stereocenters. The third-order valence-electron chi connectivity index (χ3n) is 8.12. The van der Waals surface area contributed by atoms with Gasteiger partial charge in [-0.3, -0.25) is 9.78 Å². The van der Waals surface area contributed by atoms with E-state index in [2.05, 4.69) is 22.8 Å². The van der Waals surface area contributed by atoms with Gasteiger partial charge in [0.05, 0.1) is 5.52 Å². The molecule has 0 radical (unpaired) electrons. The fourth-order valence-corrected chi connectivity index (χ4v) is 7.13. The second-order valence-electron chi connectivity index (χ2n) is 10.7. The lowest BCUT2D eigenvalue weighted by Crippen LogP contribution is -2.51. The first-order valence-corrected chi connectivity index (χ1v) is 12.6. The van der Waals surface area contributed by atoms with Crippen LogP contribution in [0, 0.1) is 23.2 Å². The topological polar surface area (TPSA) is 74.2 Å². The fraction of sp³-hybridized carbons (Fsp3) is 0.630. The van der Waals surface area contributed by atoms with Gasteiger partial charge in [-0.2, -0.15) is 0 Å². The standard InChI is InChI=1S/C27H37N3O2.2ClH/c31-11-3-10-28-9-2-4-22-7-8-23-24(5-1-6-25(23)30-22)26(32)29-18-27-15-19-12-20(16-27)14-21(13-19)17-27;;/h1,5-8,19-21,28,31H,2-4,9-18H2,(H,29,32);2*1H. The number of aryl methyl sites for hydroxylation is 1. The van der Waals surface area contributed by atoms with E-state index >= 15 is 0 Å². The lowest BCUT2D eigenvalue weighted by molar-refractivity contribution is -0.0503. The zero-order chi connectivity index (χ0) is 22.0. The van der Waals surface area contributed by atoms with Gasteiger partial charge in [-0.05, 0) is 112 Å². The Morgan fingerprint density at radius 2 is 1.65 bits per heavy atom. The Hall–Kier alpha value is -1.40. The van der Waals surface area contributed by atoms with Gasteiger partial charge in [0.15, 0.2) is 0 Å². The van der Waals surface area contributed by atoms with E-state index in [1.54, 1.807) is 0 Å². The highest BCUT2D eigenvalue weighted by Crippen LogP contribution is 2.59. The van der Waals surface area contributed by atoms with Gasteiger partial charge in [-0.1, -0.05) is 12.1 Å². The van der Waals surface area contributed by atoms with Crippen molar-refractivity contribution in [2.24, 2.45) is 23.2 Å². The summed E-state index contributed by atoms with van der Waals surface area (Å²) in [6.07, 6.45) is 11.0. The molecule has 6 rings (SSSR count). The van der Waals surface area contributed by atoms with Crippen LogP contribution in [0.5, 0.6) is 0 Å². The predicted molar refractivity (Wildman–Crippen MR) is 142 cm³/mol. The van der Waals surface area contributed by atoms with Crippen LogP contribution in [0.1, 0.15) is 67.4 Å². The highest BCUT2D eigenvalue weighted by molar-refractivity contribution is 6.06. The number of pyridine rings is 1. The molecule has 4 aliphatic carbocycles. The number of carbonyl (C=O) groups excluding carboxylic acids is 1. The van der Waals surface area contributed by atoms with Crippen molar-refractivity contribution in [3.8, 4) is 0 Å². The monoisotopic (exact) mass is 507 g/mol. The molecule has 1 aromatic carbocycles. The van der Waals surface area contributed by atoms with Crippen LogP contribution in [0.3, 0.4) is 0 Å². The van der Waals surface area contributed by atoms with Gasteiger partial charge in [-0.15, -0.1) is 24.8 Å². The van der Waals surface area contributed by atoms with Crippen LogP contribution < -0.4 is 10.6 Å². The highest BCUT2D eigenvalue weighted by Gasteiger charge is 2.50. The van der Waals surface area contributed by atoms with Gasteiger partial charge in [0.2, 0.25) is 0 Å². The Kier molecular flexibility index (Phi) is 9.62. The third kappa shape index (κ3) is 6.04. The molecule has 0 saturated heterocycles. The lowest BCUT2D eigenvalue weighted by Gasteiger charge is -2.56. The van der Waals surface area contributed by atoms with Gasteiger partial charge < -0.3 is 15.7 Å². The minimum atomic E-state index is 0. The van der Waals surface area contributed by atoms with Crippen molar-refractivity contribution in [2.45, 2.75) is 57.8 Å². The van der Waals surface area contributed by atoms with Crippen LogP contribution in [0.4, 0.5) is 0 Å². The van der Waals surface area contributed by atoms with E-state index in [4.69, 9.17) is 10.1 Å². The number of fused-ring (bicyclic) bond motifs is 1. The predicted octanol–water partition coefficient (Wildman–Crippen LogP) is 4.93. The summed E-state index contributed by atoms with van der Waals surface area (Å²) in [4.78, 5) is 18.0. The number of nitrogens with zero attached hydrogens (tertiary/aromatic N) is 1. The van der Waals surface area contributed by atoms with Crippen molar-refractivity contribution in [3.63, 3.8) is 0 Å². The van der Waals surface area contributed by atoms with E-state index in [-0.39, 0.29) is 37.3 Å². The van der Waals surface area contributed by atoms with Crippen LogP contribution in [0.2, 0.25) is 0 Å². The SMILES string of the molecule is Cl.Cl.O=C(NCC12CC3CC(CC(C3)C1)C2)c1cccc2nc(CCCNCCCO)ccc12. The molecular formula is C27H39Cl2N3O2. The van der Waals surface area contributed by atoms with Crippen molar-refractivity contribution in [1.82, 2.24) is 15.6 Å². The van der Waals surface area contributed by atoms with E-state index in [9.17, 15) is 4.79 Å². The molecule has 1 aromatic heterocycles. The maximum Gasteiger partial charge on any atom is 0.251 e. The van der Waals surface area contributed by atoms with Gasteiger partial charge >= 0.3 is 0 Å². The third-order valence-corrected chi connectivity index (χ3v) is 8.12. The molecule has 7 heteroatoms. The zero-order valence-electron chi connectivity index (χ0n) is 19.9. The van der Waals surface area contributed by atoms with Gasteiger partial charge in [0.1, 0.15) is 0 Å². The number of aromatic nitrogens is 1. The number of aliphatic hydroxyl groups is 1. The minimum absolute atomic E-state index is 0. The van der Waals surface area contributed by atoms with Crippen LogP contribution in [-0.4, -0.2) is 42.2 Å². The Balaban J connectivity index is 0.00000162. The Bertz CT molecular complexity index is 933. The number of halogens is 2. The van der Waals surface area contributed by atoms with Crippen molar-refractivity contribution >= 4 is 41.6 Å². The molecule has 2 aromatic rings. The smallest absolute Gasteiger partial charge is 0.251 e. The van der Waals surface area contributed by atoms with Crippen molar-refractivity contribution in [1.29, 1.82) is 0 Å². The summed E-state index contributed by atoms with van der Waals surface area (Å²) in [6, 6.07) is 10.0. The molecule has 1 heterocycles. The maximum atomic E-state index is 13.2. The Morgan fingerprint density at radius 1 is 0.971 bits per heavy atom. The van der Waals surface area contributed by atoms with Crippen LogP contribution in [-0.2, 0) is 6.42 Å². The van der Waals surface area contributed by atoms with Gasteiger partial charge in [0.25, 0.3) is 5.91 Å². The summed E-state index contributed by atoms with van der Waals surface area (Å²) < 4.78 is 0. The molecule has 4 saturated carbocycles. The van der Waals surface area contributed by atoms with Crippen molar-refractivity contribution in [2.75, 3.05) is 26.2 Å². The average Bonchev–Trinajstić information content (AvgIpc) is 2.78. The summed E-state index contributed by atoms with van der Waals surface area (Å²) in [5.74, 6) is 2.77. The molecule has 0 atom stereocenters. The minimum Gasteiger partial charge on any atom is -0.396 e. The van der Waals surface area contributed by atoms with Crippen LogP contribution in [0.25, 0.3) is 10.9 Å². The van der Waals surface area contributed by atoms with Gasteiger partial charge in [-0.25, -0.2) is 0 Å². The first-order chi connectivity index (χ1) is 15.6. The first kappa shape index (κ1) is 27.2. The number of nitrogens with one attached hydrogen (secondary N) is 2. The summed E-state index contributed by atoms with van der Waals surface area (Å²) in [6.45, 7) is 2.84. The summed E-state index contributed by atoms with van der Waals surface area (Å²) >= 11 is 0. The molecule has 4 fully saturated rings. The number of hydrogen-bond acceptors (Lipinski definition) is 4. The highest BCUT2D eigenvalue weighted by atomic mass is 35.5. The van der Waals surface area contributed by atoms with E-state index in [0.29, 0.717) is 5.41 Å². The molecule has 0 aliphatic heterocycles. The van der Waals surface area contributed by atoms with Crippen LogP contribution >= 0.6 is 24.8 Å². The van der Waals surface area contributed by atoms with E-state index < -0.39 is 0 Å². The molecular weight excluding hydrogens is 469 g/mol. The first-order valence-electron chi connectivity index (χ1n) is 12.6. The number of amides is 1. The summed E-state index contributed by atoms with van der Waals surface area (Å²) in [5.41, 5.74) is 3.06. The normalized spacial score (nSPS) is 26.7. The second kappa shape index (κ2) is 12.0. The molecule has 4 bridgehead atoms. The molecule has 5 nitrogen and oxygen atoms in total. The zero-order valence-corrected chi connectivity index (χ0v) is 21.6. The maximum absolute atomic E-state index is 13.2. The molecule has 3 N–H and O–H groups in total. The summed E-state index contributed by atoms with van der Waals surface area (Å²) in [7, 11) is 0. The fourth-order valence-electron chi connectivity index (χ4n) is 7.13. The quantitative estimate of drug-likeness (QED) is 0.398. The van der Waals surface area contributed by atoms with E-state index in [1.807, 2.05) is 18.2 Å². The van der Waals surface area contributed by atoms with Gasteiger partial charge in [0, 0.05) is 29.8 Å². The number of rotatable bonds is 10. The van der Waals surface area contributed by atoms with Crippen molar-refractivity contribution in [3.05, 3.63) is 41.6 Å². The molecule has 0 spiro atoms. The Morgan fingerprint density at radius 3 is 2.32 bits per heavy atom. The largest absolute Gasteiger partial charge is 0.396 e. The molecule has 34 heavy (non-hydrogen) atoms. The van der Waals surface area contributed by atoms with E-state index in [1.165, 1.54) is 38.5 Å². The Labute approximate surface area is 215 Å². The lowest BCUT2D eigenvalue weighted by atomic mass is 9.49.